The maximum absolute atomic E-state index is 13.8. The van der Waals surface area contributed by atoms with Gasteiger partial charge in [-0.05, 0) is 32.0 Å². The Morgan fingerprint density at radius 1 is 1.18 bits per heavy atom. The van der Waals surface area contributed by atoms with E-state index in [-0.39, 0.29) is 22.9 Å². The predicted octanol–water partition coefficient (Wildman–Crippen LogP) is 3.79. The number of ketones is 1. The van der Waals surface area contributed by atoms with E-state index in [2.05, 4.69) is 5.32 Å². The summed E-state index contributed by atoms with van der Waals surface area (Å²) in [5, 5.41) is 13.9. The monoisotopic (exact) mass is 302 g/mol. The first-order valence-electron chi connectivity index (χ1n) is 6.74. The Morgan fingerprint density at radius 3 is 2.45 bits per heavy atom. The topological polar surface area (TPSA) is 72.2 Å². The van der Waals surface area contributed by atoms with Gasteiger partial charge in [0.05, 0.1) is 16.2 Å². The van der Waals surface area contributed by atoms with Crippen molar-refractivity contribution in [1.82, 2.24) is 0 Å². The number of nitrogens with zero attached hydrogens (tertiary/aromatic N) is 1. The highest BCUT2D eigenvalue weighted by atomic mass is 19.1. The van der Waals surface area contributed by atoms with Crippen LogP contribution in [0.4, 0.5) is 15.8 Å². The Bertz CT molecular complexity index is 729. The zero-order chi connectivity index (χ0) is 16.3. The van der Waals surface area contributed by atoms with Gasteiger partial charge in [0.15, 0.2) is 5.78 Å². The van der Waals surface area contributed by atoms with Gasteiger partial charge >= 0.3 is 0 Å². The third kappa shape index (κ3) is 3.28. The minimum atomic E-state index is -0.624. The molecule has 0 saturated heterocycles. The fraction of sp³-hybridized carbons (Fsp3) is 0.188. The summed E-state index contributed by atoms with van der Waals surface area (Å²) in [5.74, 6) is -1.14. The van der Waals surface area contributed by atoms with Crippen LogP contribution in [0.25, 0.3) is 0 Å². The van der Waals surface area contributed by atoms with Gasteiger partial charge in [-0.25, -0.2) is 4.39 Å². The highest BCUT2D eigenvalue weighted by Crippen LogP contribution is 2.26. The first-order chi connectivity index (χ1) is 10.4. The summed E-state index contributed by atoms with van der Waals surface area (Å²) in [5.41, 5.74) is 0.318. The fourth-order valence-corrected chi connectivity index (χ4v) is 2.06. The van der Waals surface area contributed by atoms with Gasteiger partial charge in [0, 0.05) is 23.7 Å². The maximum atomic E-state index is 13.8. The van der Waals surface area contributed by atoms with E-state index >= 15 is 0 Å². The molecule has 2 aromatic rings. The van der Waals surface area contributed by atoms with Crippen molar-refractivity contribution >= 4 is 17.2 Å². The molecular formula is C16H15FN2O3. The van der Waals surface area contributed by atoms with Crippen molar-refractivity contribution in [2.75, 3.05) is 5.32 Å². The Balaban J connectivity index is 2.52. The van der Waals surface area contributed by atoms with Crippen LogP contribution in [0.5, 0.6) is 0 Å². The lowest BCUT2D eigenvalue weighted by atomic mass is 10.0. The number of carbonyl (C=O) groups is 1. The third-order valence-electron chi connectivity index (χ3n) is 3.02. The lowest BCUT2D eigenvalue weighted by molar-refractivity contribution is -0.384. The summed E-state index contributed by atoms with van der Waals surface area (Å²) >= 11 is 0. The molecule has 2 aromatic carbocycles. The molecule has 0 bridgehead atoms. The maximum Gasteiger partial charge on any atom is 0.271 e. The number of hydrogen-bond donors (Lipinski definition) is 1. The molecule has 0 unspecified atom stereocenters. The van der Waals surface area contributed by atoms with E-state index in [0.717, 1.165) is 0 Å². The van der Waals surface area contributed by atoms with Crippen LogP contribution in [-0.4, -0.2) is 16.7 Å². The number of hydrogen-bond acceptors (Lipinski definition) is 4. The molecule has 114 valence electrons. The molecule has 0 radical (unpaired) electrons. The van der Waals surface area contributed by atoms with Gasteiger partial charge in [-0.2, -0.15) is 0 Å². The SMILES string of the molecule is CC(C)Nc1cc([N+](=O)[O-])ccc1C(=O)c1ccccc1F. The van der Waals surface area contributed by atoms with E-state index in [0.29, 0.717) is 5.69 Å². The fourth-order valence-electron chi connectivity index (χ4n) is 2.06. The summed E-state index contributed by atoms with van der Waals surface area (Å²) in [6.45, 7) is 3.69. The molecule has 0 atom stereocenters. The standard InChI is InChI=1S/C16H15FN2O3/c1-10(2)18-15-9-11(19(21)22)7-8-13(15)16(20)12-5-3-4-6-14(12)17/h3-10,18H,1-2H3. The molecule has 0 aliphatic carbocycles. The van der Waals surface area contributed by atoms with Crippen LogP contribution in [0.15, 0.2) is 42.5 Å². The van der Waals surface area contributed by atoms with Crippen molar-refractivity contribution in [3.05, 3.63) is 69.5 Å². The lowest BCUT2D eigenvalue weighted by Crippen LogP contribution is -2.15. The number of rotatable bonds is 5. The first kappa shape index (κ1) is 15.6. The van der Waals surface area contributed by atoms with Crippen LogP contribution in [-0.2, 0) is 0 Å². The van der Waals surface area contributed by atoms with Gasteiger partial charge in [0.25, 0.3) is 5.69 Å². The minimum absolute atomic E-state index is 0.0332. The van der Waals surface area contributed by atoms with Crippen LogP contribution >= 0.6 is 0 Å². The molecule has 22 heavy (non-hydrogen) atoms. The van der Waals surface area contributed by atoms with Crippen LogP contribution in [0.3, 0.4) is 0 Å². The molecule has 0 aliphatic rings. The third-order valence-corrected chi connectivity index (χ3v) is 3.02. The molecular weight excluding hydrogens is 287 g/mol. The Hall–Kier alpha value is -2.76. The number of benzene rings is 2. The number of halogens is 1. The molecule has 5 nitrogen and oxygen atoms in total. The van der Waals surface area contributed by atoms with Gasteiger partial charge in [0.1, 0.15) is 5.82 Å². The quantitative estimate of drug-likeness (QED) is 0.518. The molecule has 6 heteroatoms. The minimum Gasteiger partial charge on any atom is -0.382 e. The van der Waals surface area contributed by atoms with Gasteiger partial charge in [-0.1, -0.05) is 12.1 Å². The van der Waals surface area contributed by atoms with Crippen LogP contribution in [0, 0.1) is 15.9 Å². The highest BCUT2D eigenvalue weighted by molar-refractivity contribution is 6.12. The van der Waals surface area contributed by atoms with Gasteiger partial charge in [-0.3, -0.25) is 14.9 Å². The van der Waals surface area contributed by atoms with E-state index in [1.807, 2.05) is 13.8 Å². The zero-order valence-corrected chi connectivity index (χ0v) is 12.2. The molecule has 2 rings (SSSR count). The van der Waals surface area contributed by atoms with E-state index in [1.54, 1.807) is 6.07 Å². The van der Waals surface area contributed by atoms with Crippen LogP contribution < -0.4 is 5.32 Å². The largest absolute Gasteiger partial charge is 0.382 e. The van der Waals surface area contributed by atoms with Gasteiger partial charge in [0.2, 0.25) is 0 Å². The van der Waals surface area contributed by atoms with E-state index in [9.17, 15) is 19.3 Å². The van der Waals surface area contributed by atoms with Crippen molar-refractivity contribution in [2.24, 2.45) is 0 Å². The molecule has 0 aromatic heterocycles. The number of nitro benzene ring substituents is 1. The summed E-state index contributed by atoms with van der Waals surface area (Å²) < 4.78 is 13.8. The second kappa shape index (κ2) is 6.34. The second-order valence-corrected chi connectivity index (χ2v) is 5.10. The first-order valence-corrected chi connectivity index (χ1v) is 6.74. The van der Waals surface area contributed by atoms with E-state index in [4.69, 9.17) is 0 Å². The van der Waals surface area contributed by atoms with Crippen molar-refractivity contribution in [1.29, 1.82) is 0 Å². The van der Waals surface area contributed by atoms with Crippen LogP contribution in [0.1, 0.15) is 29.8 Å². The number of nitro groups is 1. The highest BCUT2D eigenvalue weighted by Gasteiger charge is 2.20. The molecule has 0 spiro atoms. The number of anilines is 1. The normalized spacial score (nSPS) is 10.5. The lowest BCUT2D eigenvalue weighted by Gasteiger charge is -2.14. The Labute approximate surface area is 126 Å². The van der Waals surface area contributed by atoms with Crippen molar-refractivity contribution in [2.45, 2.75) is 19.9 Å². The average molecular weight is 302 g/mol. The van der Waals surface area contributed by atoms with Crippen molar-refractivity contribution in [3.63, 3.8) is 0 Å². The number of non-ortho nitro benzene ring substituents is 1. The van der Waals surface area contributed by atoms with Crippen LogP contribution in [0.2, 0.25) is 0 Å². The number of nitrogens with one attached hydrogen (secondary N) is 1. The average Bonchev–Trinajstić information content (AvgIpc) is 2.46. The molecule has 0 aliphatic heterocycles. The summed E-state index contributed by atoms with van der Waals surface area (Å²) in [6.07, 6.45) is 0. The number of carbonyl (C=O) groups excluding carboxylic acids is 1. The zero-order valence-electron chi connectivity index (χ0n) is 12.2. The second-order valence-electron chi connectivity index (χ2n) is 5.10. The van der Waals surface area contributed by atoms with Crippen molar-refractivity contribution < 1.29 is 14.1 Å². The summed E-state index contributed by atoms with van der Waals surface area (Å²) in [4.78, 5) is 22.8. The molecule has 0 fully saturated rings. The van der Waals surface area contributed by atoms with Gasteiger partial charge in [-0.15, -0.1) is 0 Å². The summed E-state index contributed by atoms with van der Waals surface area (Å²) in [7, 11) is 0. The molecule has 0 saturated carbocycles. The molecule has 1 N–H and O–H groups in total. The summed E-state index contributed by atoms with van der Waals surface area (Å²) in [6, 6.07) is 9.48. The van der Waals surface area contributed by atoms with E-state index in [1.165, 1.54) is 36.4 Å². The van der Waals surface area contributed by atoms with Gasteiger partial charge < -0.3 is 5.32 Å². The predicted molar refractivity (Wildman–Crippen MR) is 81.7 cm³/mol. The van der Waals surface area contributed by atoms with Crippen molar-refractivity contribution in [3.8, 4) is 0 Å². The molecule has 0 amide bonds. The molecule has 0 heterocycles. The Morgan fingerprint density at radius 2 is 1.86 bits per heavy atom. The van der Waals surface area contributed by atoms with E-state index < -0.39 is 16.5 Å². The smallest absolute Gasteiger partial charge is 0.271 e. The Kier molecular flexibility index (Phi) is 4.50.